The Balaban J connectivity index is 2.16. The maximum Gasteiger partial charge on any atom is 0.0818 e. The number of aliphatic hydroxyl groups excluding tert-OH is 1. The molecule has 0 spiro atoms. The standard InChI is InChI=1S/C10H13NO/c11-9-5-3-8(4-6-9)10(12)7-1-2-7/h3-7,10,12H,1-2,11H2. The maximum atomic E-state index is 9.71. The molecule has 1 unspecified atom stereocenters. The summed E-state index contributed by atoms with van der Waals surface area (Å²) in [5.74, 6) is 0.494. The van der Waals surface area contributed by atoms with E-state index in [1.54, 1.807) is 0 Å². The average Bonchev–Trinajstić information content (AvgIpc) is 2.87. The molecule has 0 bridgehead atoms. The zero-order chi connectivity index (χ0) is 8.55. The summed E-state index contributed by atoms with van der Waals surface area (Å²) in [4.78, 5) is 0. The number of rotatable bonds is 2. The summed E-state index contributed by atoms with van der Waals surface area (Å²) in [6, 6.07) is 7.47. The predicted molar refractivity (Wildman–Crippen MR) is 48.5 cm³/mol. The van der Waals surface area contributed by atoms with Crippen molar-refractivity contribution in [2.45, 2.75) is 18.9 Å². The highest BCUT2D eigenvalue weighted by Crippen LogP contribution is 2.40. The molecule has 0 amide bonds. The molecule has 2 nitrogen and oxygen atoms in total. The van der Waals surface area contributed by atoms with E-state index in [-0.39, 0.29) is 6.10 Å². The molecule has 2 heteroatoms. The highest BCUT2D eigenvalue weighted by atomic mass is 16.3. The number of anilines is 1. The van der Waals surface area contributed by atoms with Gasteiger partial charge in [0.25, 0.3) is 0 Å². The molecular weight excluding hydrogens is 150 g/mol. The van der Waals surface area contributed by atoms with Crippen LogP contribution in [0.3, 0.4) is 0 Å². The van der Waals surface area contributed by atoms with Gasteiger partial charge in [0.05, 0.1) is 6.10 Å². The van der Waals surface area contributed by atoms with Crippen molar-refractivity contribution in [1.82, 2.24) is 0 Å². The quantitative estimate of drug-likeness (QED) is 0.652. The molecule has 0 heterocycles. The van der Waals surface area contributed by atoms with Gasteiger partial charge >= 0.3 is 0 Å². The second-order valence-corrected chi connectivity index (χ2v) is 3.45. The molecule has 1 aliphatic rings. The minimum atomic E-state index is -0.273. The van der Waals surface area contributed by atoms with Crippen LogP contribution in [0.5, 0.6) is 0 Å². The lowest BCUT2D eigenvalue weighted by Gasteiger charge is -2.08. The van der Waals surface area contributed by atoms with Crippen molar-refractivity contribution in [3.8, 4) is 0 Å². The van der Waals surface area contributed by atoms with Crippen LogP contribution in [0.1, 0.15) is 24.5 Å². The van der Waals surface area contributed by atoms with E-state index >= 15 is 0 Å². The first-order chi connectivity index (χ1) is 5.77. The molecule has 3 N–H and O–H groups in total. The van der Waals surface area contributed by atoms with Gasteiger partial charge in [-0.15, -0.1) is 0 Å². The largest absolute Gasteiger partial charge is 0.399 e. The molecule has 0 saturated heterocycles. The predicted octanol–water partition coefficient (Wildman–Crippen LogP) is 1.71. The number of hydrogen-bond acceptors (Lipinski definition) is 2. The van der Waals surface area contributed by atoms with E-state index in [1.807, 2.05) is 24.3 Å². The van der Waals surface area contributed by atoms with Gasteiger partial charge in [0.15, 0.2) is 0 Å². The van der Waals surface area contributed by atoms with Gasteiger partial charge in [0.2, 0.25) is 0 Å². The van der Waals surface area contributed by atoms with Crippen LogP contribution in [0.15, 0.2) is 24.3 Å². The first kappa shape index (κ1) is 7.62. The molecule has 64 valence electrons. The summed E-state index contributed by atoms with van der Waals surface area (Å²) in [5.41, 5.74) is 7.28. The van der Waals surface area contributed by atoms with E-state index in [0.717, 1.165) is 24.1 Å². The molecular formula is C10H13NO. The summed E-state index contributed by atoms with van der Waals surface area (Å²) in [5, 5.41) is 9.71. The van der Waals surface area contributed by atoms with Crippen molar-refractivity contribution in [2.75, 3.05) is 5.73 Å². The van der Waals surface area contributed by atoms with E-state index in [0.29, 0.717) is 5.92 Å². The van der Waals surface area contributed by atoms with Gasteiger partial charge in [-0.2, -0.15) is 0 Å². The van der Waals surface area contributed by atoms with Crippen molar-refractivity contribution in [2.24, 2.45) is 5.92 Å². The van der Waals surface area contributed by atoms with Crippen LogP contribution in [0, 0.1) is 5.92 Å². The van der Waals surface area contributed by atoms with Crippen molar-refractivity contribution < 1.29 is 5.11 Å². The molecule has 1 aliphatic carbocycles. The fourth-order valence-electron chi connectivity index (χ4n) is 1.38. The first-order valence-corrected chi connectivity index (χ1v) is 4.31. The lowest BCUT2D eigenvalue weighted by molar-refractivity contribution is 0.154. The van der Waals surface area contributed by atoms with Crippen LogP contribution in [0.4, 0.5) is 5.69 Å². The lowest BCUT2D eigenvalue weighted by atomic mass is 10.1. The van der Waals surface area contributed by atoms with E-state index in [1.165, 1.54) is 0 Å². The van der Waals surface area contributed by atoms with Gasteiger partial charge in [0.1, 0.15) is 0 Å². The zero-order valence-electron chi connectivity index (χ0n) is 6.90. The van der Waals surface area contributed by atoms with Gasteiger partial charge in [-0.05, 0) is 36.5 Å². The topological polar surface area (TPSA) is 46.2 Å². The molecule has 0 aromatic heterocycles. The normalized spacial score (nSPS) is 19.1. The van der Waals surface area contributed by atoms with E-state index in [4.69, 9.17) is 5.73 Å². The Labute approximate surface area is 72.0 Å². The van der Waals surface area contributed by atoms with E-state index < -0.39 is 0 Å². The van der Waals surface area contributed by atoms with Crippen LogP contribution in [0.2, 0.25) is 0 Å². The molecule has 0 radical (unpaired) electrons. The first-order valence-electron chi connectivity index (χ1n) is 4.31. The Kier molecular flexibility index (Phi) is 1.77. The van der Waals surface area contributed by atoms with Gasteiger partial charge in [-0.25, -0.2) is 0 Å². The number of nitrogen functional groups attached to an aromatic ring is 1. The summed E-state index contributed by atoms with van der Waals surface area (Å²) < 4.78 is 0. The van der Waals surface area contributed by atoms with Crippen LogP contribution >= 0.6 is 0 Å². The summed E-state index contributed by atoms with van der Waals surface area (Å²) in [6.07, 6.45) is 2.04. The second-order valence-electron chi connectivity index (χ2n) is 3.45. The summed E-state index contributed by atoms with van der Waals surface area (Å²) >= 11 is 0. The van der Waals surface area contributed by atoms with E-state index in [9.17, 15) is 5.11 Å². The van der Waals surface area contributed by atoms with Crippen molar-refractivity contribution >= 4 is 5.69 Å². The van der Waals surface area contributed by atoms with Crippen LogP contribution in [-0.2, 0) is 0 Å². The number of hydrogen-bond donors (Lipinski definition) is 2. The third-order valence-corrected chi connectivity index (χ3v) is 2.35. The molecule has 1 aromatic carbocycles. The Morgan fingerprint density at radius 3 is 2.33 bits per heavy atom. The van der Waals surface area contributed by atoms with Gasteiger partial charge in [-0.1, -0.05) is 12.1 Å². The highest BCUT2D eigenvalue weighted by Gasteiger charge is 2.30. The minimum Gasteiger partial charge on any atom is -0.399 e. The van der Waals surface area contributed by atoms with Gasteiger partial charge in [-0.3, -0.25) is 0 Å². The molecule has 12 heavy (non-hydrogen) atoms. The van der Waals surface area contributed by atoms with Crippen molar-refractivity contribution in [3.05, 3.63) is 29.8 Å². The van der Waals surface area contributed by atoms with E-state index in [2.05, 4.69) is 0 Å². The Morgan fingerprint density at radius 2 is 1.83 bits per heavy atom. The van der Waals surface area contributed by atoms with Crippen LogP contribution < -0.4 is 5.73 Å². The Hall–Kier alpha value is -1.02. The van der Waals surface area contributed by atoms with Gasteiger partial charge < -0.3 is 10.8 Å². The summed E-state index contributed by atoms with van der Waals surface area (Å²) in [6.45, 7) is 0. The molecule has 2 rings (SSSR count). The van der Waals surface area contributed by atoms with Crippen molar-refractivity contribution in [1.29, 1.82) is 0 Å². The molecule has 1 atom stereocenters. The number of benzene rings is 1. The fraction of sp³-hybridized carbons (Fsp3) is 0.400. The highest BCUT2D eigenvalue weighted by molar-refractivity contribution is 5.40. The van der Waals surface area contributed by atoms with Crippen LogP contribution in [-0.4, -0.2) is 5.11 Å². The fourth-order valence-corrected chi connectivity index (χ4v) is 1.38. The van der Waals surface area contributed by atoms with Gasteiger partial charge in [0, 0.05) is 5.69 Å². The molecule has 1 saturated carbocycles. The SMILES string of the molecule is Nc1ccc(C(O)C2CC2)cc1. The molecule has 1 fully saturated rings. The zero-order valence-corrected chi connectivity index (χ0v) is 6.90. The lowest BCUT2D eigenvalue weighted by Crippen LogP contribution is -1.99. The molecule has 1 aromatic rings. The number of aliphatic hydroxyl groups is 1. The Morgan fingerprint density at radius 1 is 1.25 bits per heavy atom. The third kappa shape index (κ3) is 1.43. The smallest absolute Gasteiger partial charge is 0.0818 e. The van der Waals surface area contributed by atoms with Crippen molar-refractivity contribution in [3.63, 3.8) is 0 Å². The van der Waals surface area contributed by atoms with Crippen LogP contribution in [0.25, 0.3) is 0 Å². The summed E-state index contributed by atoms with van der Waals surface area (Å²) in [7, 11) is 0. The average molecular weight is 163 g/mol. The third-order valence-electron chi connectivity index (χ3n) is 2.35. The molecule has 0 aliphatic heterocycles. The number of nitrogens with two attached hydrogens (primary N) is 1. The monoisotopic (exact) mass is 163 g/mol. The second kappa shape index (κ2) is 2.79. The maximum absolute atomic E-state index is 9.71. The Bertz CT molecular complexity index is 264. The minimum absolute atomic E-state index is 0.273.